The van der Waals surface area contributed by atoms with E-state index in [-0.39, 0.29) is 11.3 Å². The maximum absolute atomic E-state index is 12.2. The highest BCUT2D eigenvalue weighted by Crippen LogP contribution is 2.22. The number of nitriles is 1. The SMILES string of the molecule is Cc1cc([N+](=O)[O-])ccc1NC(=O)/C(C#N)=C/c1ccc(Cl)cc1. The molecule has 0 spiro atoms. The number of nitro benzene ring substituents is 1. The summed E-state index contributed by atoms with van der Waals surface area (Å²) < 4.78 is 0. The van der Waals surface area contributed by atoms with E-state index in [0.717, 1.165) is 0 Å². The van der Waals surface area contributed by atoms with Gasteiger partial charge in [0.05, 0.1) is 4.92 Å². The van der Waals surface area contributed by atoms with E-state index in [1.165, 1.54) is 24.3 Å². The third-order valence-corrected chi connectivity index (χ3v) is 3.47. The minimum absolute atomic E-state index is 0.0669. The average Bonchev–Trinajstić information content (AvgIpc) is 2.55. The molecule has 0 bridgehead atoms. The lowest BCUT2D eigenvalue weighted by Gasteiger charge is -2.07. The van der Waals surface area contributed by atoms with Crippen molar-refractivity contribution in [1.29, 1.82) is 5.26 Å². The number of nitro groups is 1. The van der Waals surface area contributed by atoms with Crippen molar-refractivity contribution in [3.63, 3.8) is 0 Å². The number of benzene rings is 2. The van der Waals surface area contributed by atoms with Crippen LogP contribution < -0.4 is 5.32 Å². The van der Waals surface area contributed by atoms with Crippen molar-refractivity contribution < 1.29 is 9.72 Å². The molecule has 0 aliphatic rings. The van der Waals surface area contributed by atoms with Crippen LogP contribution >= 0.6 is 11.6 Å². The number of hydrogen-bond acceptors (Lipinski definition) is 4. The highest BCUT2D eigenvalue weighted by Gasteiger charge is 2.13. The largest absolute Gasteiger partial charge is 0.321 e. The Kier molecular flexibility index (Phi) is 5.30. The number of aryl methyl sites for hydroxylation is 1. The van der Waals surface area contributed by atoms with Gasteiger partial charge in [0.25, 0.3) is 11.6 Å². The fourth-order valence-electron chi connectivity index (χ4n) is 1.97. The van der Waals surface area contributed by atoms with E-state index < -0.39 is 10.8 Å². The fourth-order valence-corrected chi connectivity index (χ4v) is 2.09. The third kappa shape index (κ3) is 4.18. The van der Waals surface area contributed by atoms with Crippen LogP contribution in [0.4, 0.5) is 11.4 Å². The summed E-state index contributed by atoms with van der Waals surface area (Å²) >= 11 is 5.79. The number of carbonyl (C=O) groups excluding carboxylic acids is 1. The van der Waals surface area contributed by atoms with Gasteiger partial charge in [0.15, 0.2) is 0 Å². The second kappa shape index (κ2) is 7.40. The molecule has 0 aromatic heterocycles. The predicted octanol–water partition coefficient (Wildman–Crippen LogP) is 4.10. The Morgan fingerprint density at radius 1 is 1.29 bits per heavy atom. The minimum atomic E-state index is -0.593. The van der Waals surface area contributed by atoms with E-state index in [1.807, 2.05) is 6.07 Å². The van der Waals surface area contributed by atoms with Crippen LogP contribution in [0.15, 0.2) is 48.0 Å². The quantitative estimate of drug-likeness (QED) is 0.392. The van der Waals surface area contributed by atoms with Gasteiger partial charge >= 0.3 is 0 Å². The summed E-state index contributed by atoms with van der Waals surface area (Å²) in [6.45, 7) is 1.64. The van der Waals surface area contributed by atoms with E-state index in [2.05, 4.69) is 5.32 Å². The van der Waals surface area contributed by atoms with Crippen LogP contribution in [0.5, 0.6) is 0 Å². The van der Waals surface area contributed by atoms with Gasteiger partial charge < -0.3 is 5.32 Å². The molecule has 0 aliphatic carbocycles. The molecule has 7 heteroatoms. The molecule has 1 amide bonds. The van der Waals surface area contributed by atoms with Crippen LogP contribution in [0.25, 0.3) is 6.08 Å². The fraction of sp³-hybridized carbons (Fsp3) is 0.0588. The minimum Gasteiger partial charge on any atom is -0.321 e. The number of anilines is 1. The van der Waals surface area contributed by atoms with Crippen molar-refractivity contribution in [2.75, 3.05) is 5.32 Å². The van der Waals surface area contributed by atoms with Crippen LogP contribution in [-0.4, -0.2) is 10.8 Å². The average molecular weight is 342 g/mol. The smallest absolute Gasteiger partial charge is 0.269 e. The number of nitrogens with one attached hydrogen (secondary N) is 1. The standard InChI is InChI=1S/C17H12ClN3O3/c1-11-8-15(21(23)24)6-7-16(11)20-17(22)13(10-19)9-12-2-4-14(18)5-3-12/h2-9H,1H3,(H,20,22)/b13-9+. The lowest BCUT2D eigenvalue weighted by atomic mass is 10.1. The molecule has 0 saturated carbocycles. The molecule has 1 N–H and O–H groups in total. The molecule has 24 heavy (non-hydrogen) atoms. The van der Waals surface area contributed by atoms with Crippen LogP contribution in [0.2, 0.25) is 5.02 Å². The first kappa shape index (κ1) is 17.2. The van der Waals surface area contributed by atoms with Crippen molar-refractivity contribution in [3.05, 3.63) is 74.3 Å². The van der Waals surface area contributed by atoms with Crippen LogP contribution in [0, 0.1) is 28.4 Å². The highest BCUT2D eigenvalue weighted by molar-refractivity contribution is 6.30. The molecule has 0 radical (unpaired) electrons. The number of halogens is 1. The Hall–Kier alpha value is -3.17. The molecule has 2 aromatic carbocycles. The molecule has 2 rings (SSSR count). The van der Waals surface area contributed by atoms with Gasteiger partial charge in [0.2, 0.25) is 0 Å². The van der Waals surface area contributed by atoms with Crippen molar-refractivity contribution in [1.82, 2.24) is 0 Å². The number of nitrogens with zero attached hydrogens (tertiary/aromatic N) is 2. The van der Waals surface area contributed by atoms with Crippen molar-refractivity contribution >= 4 is 35.0 Å². The van der Waals surface area contributed by atoms with E-state index in [0.29, 0.717) is 21.8 Å². The first-order chi connectivity index (χ1) is 11.4. The van der Waals surface area contributed by atoms with Gasteiger partial charge in [-0.2, -0.15) is 5.26 Å². The highest BCUT2D eigenvalue weighted by atomic mass is 35.5. The Labute approximate surface area is 143 Å². The summed E-state index contributed by atoms with van der Waals surface area (Å²) in [6.07, 6.45) is 1.44. The van der Waals surface area contributed by atoms with Gasteiger partial charge in [-0.15, -0.1) is 0 Å². The molecule has 0 unspecified atom stereocenters. The van der Waals surface area contributed by atoms with Gasteiger partial charge in [-0.05, 0) is 42.3 Å². The number of hydrogen-bond donors (Lipinski definition) is 1. The molecule has 2 aromatic rings. The van der Waals surface area contributed by atoms with Gasteiger partial charge in [0.1, 0.15) is 11.6 Å². The van der Waals surface area contributed by atoms with Gasteiger partial charge in [0, 0.05) is 22.8 Å². The molecule has 0 aliphatic heterocycles. The van der Waals surface area contributed by atoms with Crippen LogP contribution in [-0.2, 0) is 4.79 Å². The zero-order chi connectivity index (χ0) is 17.7. The molecule has 6 nitrogen and oxygen atoms in total. The first-order valence-corrected chi connectivity index (χ1v) is 7.22. The maximum Gasteiger partial charge on any atom is 0.269 e. The molecule has 0 atom stereocenters. The topological polar surface area (TPSA) is 96.0 Å². The van der Waals surface area contributed by atoms with Crippen LogP contribution in [0.1, 0.15) is 11.1 Å². The second-order valence-electron chi connectivity index (χ2n) is 4.93. The summed E-state index contributed by atoms with van der Waals surface area (Å²) in [6, 6.07) is 12.6. The second-order valence-corrected chi connectivity index (χ2v) is 5.37. The maximum atomic E-state index is 12.2. The molecular formula is C17H12ClN3O3. The molecule has 0 fully saturated rings. The Morgan fingerprint density at radius 2 is 1.96 bits per heavy atom. The lowest BCUT2D eigenvalue weighted by molar-refractivity contribution is -0.384. The number of non-ortho nitro benzene ring substituents is 1. The molecule has 0 heterocycles. The lowest BCUT2D eigenvalue weighted by Crippen LogP contribution is -2.14. The van der Waals surface area contributed by atoms with E-state index >= 15 is 0 Å². The number of carbonyl (C=O) groups is 1. The van der Waals surface area contributed by atoms with Crippen molar-refractivity contribution in [3.8, 4) is 6.07 Å². The van der Waals surface area contributed by atoms with E-state index in [1.54, 1.807) is 31.2 Å². The normalized spacial score (nSPS) is 10.8. The zero-order valence-corrected chi connectivity index (χ0v) is 13.4. The summed E-state index contributed by atoms with van der Waals surface area (Å²) in [5.74, 6) is -0.593. The number of amides is 1. The Morgan fingerprint density at radius 3 is 2.50 bits per heavy atom. The Balaban J connectivity index is 2.22. The van der Waals surface area contributed by atoms with Gasteiger partial charge in [-0.1, -0.05) is 23.7 Å². The van der Waals surface area contributed by atoms with Crippen molar-refractivity contribution in [2.24, 2.45) is 0 Å². The first-order valence-electron chi connectivity index (χ1n) is 6.84. The molecule has 120 valence electrons. The molecule has 0 saturated heterocycles. The zero-order valence-electron chi connectivity index (χ0n) is 12.6. The Bertz CT molecular complexity index is 868. The van der Waals surface area contributed by atoms with Gasteiger partial charge in [-0.25, -0.2) is 0 Å². The summed E-state index contributed by atoms with van der Waals surface area (Å²) in [7, 11) is 0. The van der Waals surface area contributed by atoms with Crippen molar-refractivity contribution in [2.45, 2.75) is 6.92 Å². The van der Waals surface area contributed by atoms with E-state index in [9.17, 15) is 20.2 Å². The number of rotatable bonds is 4. The van der Waals surface area contributed by atoms with E-state index in [4.69, 9.17) is 11.6 Å². The third-order valence-electron chi connectivity index (χ3n) is 3.22. The summed E-state index contributed by atoms with van der Waals surface area (Å²) in [4.78, 5) is 22.4. The van der Waals surface area contributed by atoms with Crippen LogP contribution in [0.3, 0.4) is 0 Å². The molecular weight excluding hydrogens is 330 g/mol. The monoisotopic (exact) mass is 341 g/mol. The predicted molar refractivity (Wildman–Crippen MR) is 91.5 cm³/mol. The van der Waals surface area contributed by atoms with Gasteiger partial charge in [-0.3, -0.25) is 14.9 Å². The summed E-state index contributed by atoms with van der Waals surface area (Å²) in [5.41, 5.74) is 1.44. The summed E-state index contributed by atoms with van der Waals surface area (Å²) in [5, 5.41) is 23.0.